The highest BCUT2D eigenvalue weighted by Crippen LogP contribution is 2.34. The van der Waals surface area contributed by atoms with Gasteiger partial charge in [-0.2, -0.15) is 0 Å². The molecule has 18 heavy (non-hydrogen) atoms. The fraction of sp³-hybridized carbons (Fsp3) is 0.300. The Morgan fingerprint density at radius 3 is 2.44 bits per heavy atom. The van der Waals surface area contributed by atoms with Crippen LogP contribution in [-0.2, 0) is 10.1 Å². The number of hydrogen-bond acceptors (Lipinski definition) is 3. The predicted molar refractivity (Wildman–Crippen MR) is 87.1 cm³/mol. The summed E-state index contributed by atoms with van der Waals surface area (Å²) >= 11 is 6.84. The summed E-state index contributed by atoms with van der Waals surface area (Å²) in [7, 11) is 7.25. The highest BCUT2D eigenvalue weighted by Gasteiger charge is 2.22. The molecule has 1 aromatic carbocycles. The van der Waals surface area contributed by atoms with Gasteiger partial charge in [-0.25, -0.2) is 4.79 Å². The highest BCUT2D eigenvalue weighted by atomic mass is 79.9. The molecule has 0 radical (unpaired) electrons. The van der Waals surface area contributed by atoms with Gasteiger partial charge in [-0.3, -0.25) is 0 Å². The summed E-state index contributed by atoms with van der Waals surface area (Å²) in [6.45, 7) is 0. The van der Waals surface area contributed by atoms with Crippen molar-refractivity contribution in [2.24, 2.45) is 0 Å². The maximum absolute atomic E-state index is 11.7. The number of halogens is 2. The fourth-order valence-electron chi connectivity index (χ4n) is 1.45. The minimum atomic E-state index is -0.365. The zero-order valence-corrected chi connectivity index (χ0v) is 14.0. The maximum atomic E-state index is 11.7. The first-order valence-electron chi connectivity index (χ1n) is 5.45. The Labute approximate surface area is 126 Å². The second-order valence-electron chi connectivity index (χ2n) is 4.74. The molecule has 3 nitrogen and oxygen atoms in total. The van der Waals surface area contributed by atoms with E-state index in [9.17, 15) is 4.79 Å². The third kappa shape index (κ3) is 3.82. The van der Waals surface area contributed by atoms with E-state index in [-0.39, 0.29) is 11.3 Å². The molecule has 0 fully saturated rings. The molecule has 0 spiro atoms. The van der Waals surface area contributed by atoms with Gasteiger partial charge >= 0.3 is 5.97 Å². The second-order valence-corrected chi connectivity index (χ2v) is 6.16. The molecule has 0 aliphatic rings. The molecule has 0 saturated carbocycles. The minimum absolute atomic E-state index is 0.339. The number of carbonyl (C=O) groups excluding carboxylic acids is 1. The van der Waals surface area contributed by atoms with Gasteiger partial charge in [-0.05, 0) is 28.1 Å². The zero-order chi connectivity index (χ0) is 13.9. The molecule has 0 aliphatic heterocycles. The lowest BCUT2D eigenvalue weighted by atomic mass is 9.52. The fourth-order valence-corrected chi connectivity index (χ4v) is 2.46. The van der Waals surface area contributed by atoms with E-state index in [4.69, 9.17) is 9.47 Å². The summed E-state index contributed by atoms with van der Waals surface area (Å²) in [6.07, 6.45) is 0. The highest BCUT2D eigenvalue weighted by molar-refractivity contribution is 9.10. The first-order chi connectivity index (χ1) is 8.30. The van der Waals surface area contributed by atoms with Crippen LogP contribution >= 0.6 is 31.9 Å². The van der Waals surface area contributed by atoms with E-state index in [1.165, 1.54) is 7.11 Å². The number of rotatable bonds is 4. The average molecular weight is 373 g/mol. The van der Waals surface area contributed by atoms with Crippen molar-refractivity contribution in [3.05, 3.63) is 27.7 Å². The molecule has 8 heteroatoms. The molecule has 0 aromatic heterocycles. The van der Waals surface area contributed by atoms with Crippen LogP contribution in [0.5, 0.6) is 5.75 Å². The lowest BCUT2D eigenvalue weighted by Gasteiger charge is -2.25. The maximum Gasteiger partial charge on any atom is 0.338 e. The Balaban J connectivity index is 3.35. The SMILES string of the molecule is BC(B)(B)Oc1c(Br)ccc(C(=O)OC)c1CBr. The first kappa shape index (κ1) is 15.7. The molecule has 0 unspecified atom stereocenters. The lowest BCUT2D eigenvalue weighted by molar-refractivity contribution is 0.0599. The summed E-state index contributed by atoms with van der Waals surface area (Å²) in [5.41, 5.74) is 1.29. The van der Waals surface area contributed by atoms with Gasteiger partial charge in [0.2, 0.25) is 0 Å². The molecule has 0 heterocycles. The van der Waals surface area contributed by atoms with E-state index >= 15 is 0 Å². The summed E-state index contributed by atoms with van der Waals surface area (Å²) in [4.78, 5) is 11.7. The van der Waals surface area contributed by atoms with Gasteiger partial charge in [0.05, 0.1) is 17.1 Å². The average Bonchev–Trinajstić information content (AvgIpc) is 2.29. The number of ether oxygens (including phenoxy) is 2. The Morgan fingerprint density at radius 2 is 2.00 bits per heavy atom. The third-order valence-corrected chi connectivity index (χ3v) is 3.34. The van der Waals surface area contributed by atoms with E-state index < -0.39 is 0 Å². The largest absolute Gasteiger partial charge is 0.512 e. The molecule has 0 saturated heterocycles. The van der Waals surface area contributed by atoms with Crippen molar-refractivity contribution in [1.82, 2.24) is 0 Å². The normalized spacial score (nSPS) is 11.1. The smallest absolute Gasteiger partial charge is 0.338 e. The Hall–Kier alpha value is -0.355. The molecule has 0 amide bonds. The monoisotopic (exact) mass is 372 g/mol. The van der Waals surface area contributed by atoms with Crippen LogP contribution in [0.1, 0.15) is 15.9 Å². The van der Waals surface area contributed by atoms with Crippen molar-refractivity contribution >= 4 is 61.4 Å². The van der Waals surface area contributed by atoms with Crippen LogP contribution in [0.3, 0.4) is 0 Å². The summed E-state index contributed by atoms with van der Waals surface area (Å²) in [6, 6.07) is 3.52. The number of methoxy groups -OCH3 is 1. The second kappa shape index (κ2) is 6.19. The molecule has 0 N–H and O–H groups in total. The van der Waals surface area contributed by atoms with Gasteiger partial charge in [0, 0.05) is 16.2 Å². The standard InChI is InChI=1S/C10H13B3Br2O3/c1-17-9(16)5-2-3-7(15)8(6(5)4-14)18-10(11,12)13/h2-3H,4,11-13H2,1H3. The van der Waals surface area contributed by atoms with Crippen LogP contribution in [0.4, 0.5) is 0 Å². The van der Waals surface area contributed by atoms with E-state index in [0.717, 1.165) is 10.0 Å². The Kier molecular flexibility index (Phi) is 5.40. The van der Waals surface area contributed by atoms with Gasteiger partial charge in [-0.15, -0.1) is 0 Å². The number of carbonyl (C=O) groups is 1. The number of hydrogen-bond donors (Lipinski definition) is 0. The first-order valence-corrected chi connectivity index (χ1v) is 7.36. The number of benzene rings is 1. The molecule has 1 rings (SSSR count). The van der Waals surface area contributed by atoms with Crippen LogP contribution in [0.2, 0.25) is 0 Å². The zero-order valence-electron chi connectivity index (χ0n) is 10.8. The van der Waals surface area contributed by atoms with Crippen LogP contribution in [0.25, 0.3) is 0 Å². The predicted octanol–water partition coefficient (Wildman–Crippen LogP) is 0.0200. The van der Waals surface area contributed by atoms with Crippen molar-refractivity contribution in [3.63, 3.8) is 0 Å². The van der Waals surface area contributed by atoms with Crippen LogP contribution in [-0.4, -0.2) is 41.9 Å². The topological polar surface area (TPSA) is 35.5 Å². The molecule has 94 valence electrons. The van der Waals surface area contributed by atoms with E-state index in [0.29, 0.717) is 16.6 Å². The Bertz CT molecular complexity index is 460. The van der Waals surface area contributed by atoms with Gasteiger partial charge < -0.3 is 9.47 Å². The van der Waals surface area contributed by atoms with E-state index in [1.54, 1.807) is 12.1 Å². The lowest BCUT2D eigenvalue weighted by Crippen LogP contribution is -2.38. The molecule has 0 aliphatic carbocycles. The quantitative estimate of drug-likeness (QED) is 0.424. The van der Waals surface area contributed by atoms with Crippen LogP contribution in [0, 0.1) is 0 Å². The molecular formula is C10H13B3Br2O3. The third-order valence-electron chi connectivity index (χ3n) is 2.16. The van der Waals surface area contributed by atoms with Gasteiger partial charge in [0.25, 0.3) is 0 Å². The summed E-state index contributed by atoms with van der Waals surface area (Å²) in [5, 5.41) is 0.177. The van der Waals surface area contributed by atoms with Crippen LogP contribution < -0.4 is 4.74 Å². The molecule has 0 bridgehead atoms. The van der Waals surface area contributed by atoms with E-state index in [2.05, 4.69) is 31.9 Å². The number of alkyl halides is 1. The molecule has 0 atom stereocenters. The van der Waals surface area contributed by atoms with Gasteiger partial charge in [0.15, 0.2) is 0 Å². The van der Waals surface area contributed by atoms with Crippen LogP contribution in [0.15, 0.2) is 16.6 Å². The summed E-state index contributed by atoms with van der Waals surface area (Å²) in [5.74, 6) is 0.304. The summed E-state index contributed by atoms with van der Waals surface area (Å²) < 4.78 is 11.5. The van der Waals surface area contributed by atoms with Crippen molar-refractivity contribution in [2.75, 3.05) is 7.11 Å². The van der Waals surface area contributed by atoms with Crippen molar-refractivity contribution in [1.29, 1.82) is 0 Å². The minimum Gasteiger partial charge on any atom is -0.512 e. The van der Waals surface area contributed by atoms with E-state index in [1.807, 2.05) is 23.5 Å². The van der Waals surface area contributed by atoms with Gasteiger partial charge in [-0.1, -0.05) is 15.9 Å². The van der Waals surface area contributed by atoms with Gasteiger partial charge in [0.1, 0.15) is 29.3 Å². The number of esters is 1. The van der Waals surface area contributed by atoms with Crippen molar-refractivity contribution < 1.29 is 14.3 Å². The molecular weight excluding hydrogens is 360 g/mol. The molecule has 1 aromatic rings. The van der Waals surface area contributed by atoms with Crippen molar-refractivity contribution in [3.8, 4) is 5.75 Å². The Morgan fingerprint density at radius 1 is 1.39 bits per heavy atom. The van der Waals surface area contributed by atoms with Crippen molar-refractivity contribution in [2.45, 2.75) is 10.6 Å².